The molecule has 15 nitrogen and oxygen atoms in total. The van der Waals surface area contributed by atoms with Gasteiger partial charge in [0, 0.05) is 41.7 Å². The lowest BCUT2D eigenvalue weighted by Crippen LogP contribution is -2.37. The van der Waals surface area contributed by atoms with E-state index < -0.39 is 5.97 Å². The highest BCUT2D eigenvalue weighted by atomic mass is 32.1. The predicted octanol–water partition coefficient (Wildman–Crippen LogP) is 6.50. The Hall–Kier alpha value is -6.04. The van der Waals surface area contributed by atoms with Crippen molar-refractivity contribution in [1.82, 2.24) is 24.8 Å². The summed E-state index contributed by atoms with van der Waals surface area (Å²) in [5, 5.41) is 27.4. The number of carbonyl (C=O) groups is 2. The maximum Gasteiger partial charge on any atom is 0.306 e. The number of aromatic nitrogens is 4. The average Bonchev–Trinajstić information content (AvgIpc) is 4.07. The first kappa shape index (κ1) is 39.4. The molecular formula is C43H43N9O6S2. The molecule has 2 aromatic carbocycles. The van der Waals surface area contributed by atoms with Crippen molar-refractivity contribution in [3.63, 3.8) is 0 Å². The fraction of sp³-hybridized carbons (Fsp3) is 0.349. The Morgan fingerprint density at radius 3 is 1.75 bits per heavy atom. The number of hydrogen-bond acceptors (Lipinski definition) is 15. The van der Waals surface area contributed by atoms with Crippen LogP contribution in [0.2, 0.25) is 0 Å². The molecule has 2 aliphatic carbocycles. The lowest BCUT2D eigenvalue weighted by atomic mass is 9.87. The Morgan fingerprint density at radius 2 is 1.27 bits per heavy atom. The molecule has 6 aromatic rings. The summed E-state index contributed by atoms with van der Waals surface area (Å²) in [5.74, 6) is 1.96. The van der Waals surface area contributed by atoms with Crippen molar-refractivity contribution < 1.29 is 29.3 Å². The molecule has 0 radical (unpaired) electrons. The number of carboxylic acids is 1. The van der Waals surface area contributed by atoms with Crippen molar-refractivity contribution in [3.05, 3.63) is 80.1 Å². The van der Waals surface area contributed by atoms with E-state index in [0.717, 1.165) is 101 Å². The minimum Gasteiger partial charge on any atom is -0.495 e. The first-order chi connectivity index (χ1) is 29.2. The molecule has 1 amide bonds. The number of carboxylic acid groups (broad SMARTS) is 1. The van der Waals surface area contributed by atoms with Gasteiger partial charge in [0.15, 0.2) is 0 Å². The topological polar surface area (TPSA) is 197 Å². The number of aliphatic hydroxyl groups is 1. The second kappa shape index (κ2) is 16.5. The Morgan fingerprint density at radius 1 is 0.767 bits per heavy atom. The van der Waals surface area contributed by atoms with Crippen molar-refractivity contribution in [2.45, 2.75) is 51.6 Å². The standard InChI is InChI=1S/C23H25N5O3S.C20H18N4O3S/c1-28(5-6-29)23(30)13-3-4-16-19(9-13)32-22-20(16)21(25-12-26-22)27-17-7-14-10-24-11-15(14)8-18(17)31-2;1-27-15-5-12-8-21-7-11(12)4-14(15)24-18-17-13-3-2-10(20(25)26)6-16(13)28-19(17)23-9-22-18/h7-8,10,12-13,29H,3-6,9,11H2,1-2H3,(H,25,26,27);4-5,7,9-10H,2-3,6,8H2,1H3,(H,25,26)(H,22,23,24). The zero-order valence-corrected chi connectivity index (χ0v) is 35.0. The van der Waals surface area contributed by atoms with Crippen molar-refractivity contribution in [2.24, 2.45) is 21.8 Å². The number of thiophene rings is 2. The van der Waals surface area contributed by atoms with E-state index in [1.165, 1.54) is 16.0 Å². The van der Waals surface area contributed by atoms with E-state index in [0.29, 0.717) is 38.9 Å². The van der Waals surface area contributed by atoms with E-state index in [4.69, 9.17) is 14.6 Å². The number of aryl methyl sites for hydroxylation is 2. The highest BCUT2D eigenvalue weighted by molar-refractivity contribution is 7.19. The number of aliphatic imine (C=N–C) groups is 2. The van der Waals surface area contributed by atoms with Crippen LogP contribution in [-0.4, -0.2) is 93.8 Å². The molecule has 60 heavy (non-hydrogen) atoms. The lowest BCUT2D eigenvalue weighted by Gasteiger charge is -2.26. The molecule has 0 spiro atoms. The molecule has 2 aliphatic heterocycles. The first-order valence-electron chi connectivity index (χ1n) is 19.8. The van der Waals surface area contributed by atoms with E-state index in [1.807, 2.05) is 36.7 Å². The number of aliphatic carboxylic acids is 1. The van der Waals surface area contributed by atoms with Gasteiger partial charge in [-0.2, -0.15) is 0 Å². The Balaban J connectivity index is 0.000000155. The molecule has 0 bridgehead atoms. The molecule has 2 unspecified atom stereocenters. The average molecular weight is 846 g/mol. The predicted molar refractivity (Wildman–Crippen MR) is 233 cm³/mol. The fourth-order valence-corrected chi connectivity index (χ4v) is 11.0. The van der Waals surface area contributed by atoms with Crippen LogP contribution in [-0.2, 0) is 48.4 Å². The van der Waals surface area contributed by atoms with Crippen LogP contribution in [0.15, 0.2) is 46.9 Å². The summed E-state index contributed by atoms with van der Waals surface area (Å²) in [6.07, 6.45) is 11.1. The van der Waals surface area contributed by atoms with Gasteiger partial charge in [0.05, 0.1) is 62.0 Å². The minimum absolute atomic E-state index is 0.0221. The Bertz CT molecular complexity index is 2730. The number of aliphatic hydroxyl groups excluding tert-OH is 1. The monoisotopic (exact) mass is 845 g/mol. The number of benzene rings is 2. The number of methoxy groups -OCH3 is 2. The van der Waals surface area contributed by atoms with Gasteiger partial charge in [-0.1, -0.05) is 0 Å². The summed E-state index contributed by atoms with van der Waals surface area (Å²) in [6.45, 7) is 1.69. The van der Waals surface area contributed by atoms with Crippen LogP contribution in [0.5, 0.6) is 11.5 Å². The van der Waals surface area contributed by atoms with Gasteiger partial charge in [0.25, 0.3) is 0 Å². The summed E-state index contributed by atoms with van der Waals surface area (Å²) in [5.41, 5.74) is 8.51. The SMILES string of the molecule is COc1cc2c(cc1Nc1ncnc3sc4c(c13)CCC(C(=O)N(C)CCO)C4)C=NC2.COc1cc2c(cc1Nc1ncnc3sc4c(c13)CCC(C(=O)O)C4)C=NC2. The third kappa shape index (κ3) is 7.41. The molecule has 4 aromatic heterocycles. The number of hydrogen-bond donors (Lipinski definition) is 4. The Kier molecular flexibility index (Phi) is 10.9. The van der Waals surface area contributed by atoms with Gasteiger partial charge in [-0.05, 0) is 96.2 Å². The number of nitrogens with one attached hydrogen (secondary N) is 2. The van der Waals surface area contributed by atoms with Crippen LogP contribution in [0.4, 0.5) is 23.0 Å². The number of nitrogens with zero attached hydrogens (tertiary/aromatic N) is 7. The zero-order valence-electron chi connectivity index (χ0n) is 33.3. The number of fused-ring (bicyclic) bond motifs is 8. The van der Waals surface area contributed by atoms with Crippen LogP contribution >= 0.6 is 22.7 Å². The van der Waals surface area contributed by atoms with Crippen LogP contribution < -0.4 is 20.1 Å². The summed E-state index contributed by atoms with van der Waals surface area (Å²) in [6, 6.07) is 8.09. The van der Waals surface area contributed by atoms with E-state index in [-0.39, 0.29) is 24.3 Å². The molecule has 0 fully saturated rings. The largest absolute Gasteiger partial charge is 0.495 e. The van der Waals surface area contributed by atoms with Crippen molar-refractivity contribution in [2.75, 3.05) is 45.1 Å². The molecule has 10 rings (SSSR count). The Labute approximate surface area is 353 Å². The maximum absolute atomic E-state index is 12.7. The third-order valence-corrected chi connectivity index (χ3v) is 13.9. The molecule has 0 saturated heterocycles. The molecule has 2 atom stereocenters. The minimum atomic E-state index is -0.725. The third-order valence-electron chi connectivity index (χ3n) is 11.6. The zero-order chi connectivity index (χ0) is 41.5. The molecule has 0 saturated carbocycles. The number of anilines is 4. The quantitative estimate of drug-likeness (QED) is 0.117. The maximum atomic E-state index is 12.7. The van der Waals surface area contributed by atoms with E-state index in [2.05, 4.69) is 40.6 Å². The number of carbonyl (C=O) groups excluding carboxylic acids is 1. The molecule has 4 aliphatic rings. The van der Waals surface area contributed by atoms with Gasteiger partial charge < -0.3 is 35.2 Å². The van der Waals surface area contributed by atoms with Gasteiger partial charge in [-0.3, -0.25) is 19.6 Å². The molecule has 4 N–H and O–H groups in total. The van der Waals surface area contributed by atoms with Gasteiger partial charge in [0.1, 0.15) is 45.5 Å². The second-order valence-electron chi connectivity index (χ2n) is 15.2. The lowest BCUT2D eigenvalue weighted by molar-refractivity contribution is -0.142. The van der Waals surface area contributed by atoms with Crippen LogP contribution in [0.3, 0.4) is 0 Å². The van der Waals surface area contributed by atoms with Crippen LogP contribution in [0.25, 0.3) is 20.4 Å². The molecular weight excluding hydrogens is 803 g/mol. The molecule has 308 valence electrons. The summed E-state index contributed by atoms with van der Waals surface area (Å²) < 4.78 is 11.2. The summed E-state index contributed by atoms with van der Waals surface area (Å²) in [4.78, 5) is 56.5. The summed E-state index contributed by atoms with van der Waals surface area (Å²) >= 11 is 3.21. The smallest absolute Gasteiger partial charge is 0.306 e. The van der Waals surface area contributed by atoms with E-state index >= 15 is 0 Å². The number of amides is 1. The normalized spacial score (nSPS) is 17.0. The van der Waals surface area contributed by atoms with Crippen molar-refractivity contribution in [1.29, 1.82) is 0 Å². The summed E-state index contributed by atoms with van der Waals surface area (Å²) in [7, 11) is 5.06. The second-order valence-corrected chi connectivity index (χ2v) is 17.4. The number of ether oxygens (including phenoxy) is 2. The van der Waals surface area contributed by atoms with Crippen LogP contribution in [0.1, 0.15) is 56.0 Å². The van der Waals surface area contributed by atoms with Gasteiger partial charge in [0.2, 0.25) is 5.91 Å². The number of rotatable bonds is 10. The molecule has 17 heteroatoms. The van der Waals surface area contributed by atoms with Gasteiger partial charge >= 0.3 is 5.97 Å². The van der Waals surface area contributed by atoms with E-state index in [9.17, 15) is 14.7 Å². The van der Waals surface area contributed by atoms with Crippen LogP contribution in [0, 0.1) is 11.8 Å². The highest BCUT2D eigenvalue weighted by Gasteiger charge is 2.32. The molecule has 6 heterocycles. The highest BCUT2D eigenvalue weighted by Crippen LogP contribution is 2.44. The first-order valence-corrected chi connectivity index (χ1v) is 21.4. The number of likely N-dealkylation sites (N-methyl/N-ethyl adjacent to an activating group) is 1. The van der Waals surface area contributed by atoms with Gasteiger partial charge in [-0.25, -0.2) is 19.9 Å². The van der Waals surface area contributed by atoms with E-state index in [1.54, 1.807) is 61.5 Å². The van der Waals surface area contributed by atoms with Gasteiger partial charge in [-0.15, -0.1) is 22.7 Å². The van der Waals surface area contributed by atoms with Crippen molar-refractivity contribution >= 4 is 90.4 Å². The van der Waals surface area contributed by atoms with Crippen molar-refractivity contribution in [3.8, 4) is 11.5 Å². The fourth-order valence-electron chi connectivity index (χ4n) is 8.47.